The summed E-state index contributed by atoms with van der Waals surface area (Å²) in [6.07, 6.45) is 1.27. The molecule has 0 radical (unpaired) electrons. The molecule has 1 aliphatic carbocycles. The number of amides is 3. The number of nitrogens with one attached hydrogen (secondary N) is 4. The van der Waals surface area contributed by atoms with Crippen LogP contribution in [0, 0.1) is 10.2 Å². The molecule has 4 atom stereocenters. The van der Waals surface area contributed by atoms with E-state index in [0.29, 0.717) is 11.1 Å². The van der Waals surface area contributed by atoms with Gasteiger partial charge >= 0.3 is 0 Å². The monoisotopic (exact) mass is 628 g/mol. The van der Waals surface area contributed by atoms with Crippen molar-refractivity contribution in [1.82, 2.24) is 15.5 Å². The van der Waals surface area contributed by atoms with Crippen molar-refractivity contribution in [3.05, 3.63) is 81.0 Å². The number of hydrogen-bond donors (Lipinski definition) is 5. The molecule has 0 bridgehead atoms. The Kier molecular flexibility index (Phi) is 7.86. The molecule has 1 saturated heterocycles. The molecule has 226 valence electrons. The second-order valence-corrected chi connectivity index (χ2v) is 14.2. The Morgan fingerprint density at radius 1 is 1.14 bits per heavy atom. The van der Waals surface area contributed by atoms with Crippen molar-refractivity contribution in [3.8, 4) is 11.1 Å². The number of thiophene rings is 1. The van der Waals surface area contributed by atoms with Crippen LogP contribution in [0.15, 0.2) is 53.9 Å². The maximum absolute atomic E-state index is 14.9. The highest BCUT2D eigenvalue weighted by atomic mass is 32.2. The van der Waals surface area contributed by atoms with E-state index in [-0.39, 0.29) is 41.1 Å². The molecule has 2 heterocycles. The Labute approximate surface area is 251 Å². The van der Waals surface area contributed by atoms with Gasteiger partial charge in [-0.1, -0.05) is 30.3 Å². The van der Waals surface area contributed by atoms with Crippen molar-refractivity contribution in [1.29, 1.82) is 10.2 Å². The van der Waals surface area contributed by atoms with Gasteiger partial charge in [-0.2, -0.15) is 8.78 Å². The molecule has 14 heteroatoms. The first kappa shape index (κ1) is 30.3. The van der Waals surface area contributed by atoms with E-state index in [1.807, 2.05) is 0 Å². The first-order valence-corrected chi connectivity index (χ1v) is 16.2. The Bertz CT molecular complexity index is 1760. The van der Waals surface area contributed by atoms with Gasteiger partial charge in [-0.25, -0.2) is 4.21 Å². The number of nitrogens with zero attached hydrogens (tertiary/aromatic N) is 1. The topological polar surface area (TPSA) is 169 Å². The zero-order valence-corrected chi connectivity index (χ0v) is 24.9. The highest BCUT2D eigenvalue weighted by Crippen LogP contribution is 2.50. The molecule has 43 heavy (non-hydrogen) atoms. The van der Waals surface area contributed by atoms with Crippen molar-refractivity contribution in [3.63, 3.8) is 0 Å². The average molecular weight is 629 g/mol. The number of rotatable bonds is 8. The summed E-state index contributed by atoms with van der Waals surface area (Å²) >= 11 is 1.31. The van der Waals surface area contributed by atoms with E-state index in [4.69, 9.17) is 15.9 Å². The van der Waals surface area contributed by atoms with Crippen LogP contribution in [0.2, 0.25) is 0 Å². The zero-order valence-electron chi connectivity index (χ0n) is 23.3. The molecular formula is C29H30F2N6O4S2. The van der Waals surface area contributed by atoms with Crippen LogP contribution in [-0.2, 0) is 25.2 Å². The van der Waals surface area contributed by atoms with Crippen LogP contribution in [0.3, 0.4) is 0 Å². The van der Waals surface area contributed by atoms with Crippen molar-refractivity contribution in [2.75, 3.05) is 19.3 Å². The summed E-state index contributed by atoms with van der Waals surface area (Å²) in [6, 6.07) is 10.1. The quantitative estimate of drug-likeness (QED) is 0.190. The normalized spacial score (nSPS) is 20.4. The number of nitrogens with two attached hydrogens (primary N) is 1. The highest BCUT2D eigenvalue weighted by molar-refractivity contribution is 7.92. The molecule has 2 aliphatic rings. The summed E-state index contributed by atoms with van der Waals surface area (Å²) in [4.78, 5) is 41.5. The van der Waals surface area contributed by atoms with Gasteiger partial charge < -0.3 is 21.3 Å². The lowest BCUT2D eigenvalue weighted by Crippen LogP contribution is -2.49. The largest absolute Gasteiger partial charge is 0.384 e. The SMILES string of the molecule is CC(NC(=O)C1CC(S(C)(=N)=O)CN1C(=O)CNC(=O)c1ccc2c(c1)-c1ccccc1C2(F)F)c1cc(C(=N)N)cs1. The number of halogens is 2. The van der Waals surface area contributed by atoms with Gasteiger partial charge in [0.2, 0.25) is 11.8 Å². The molecule has 3 amide bonds. The van der Waals surface area contributed by atoms with Gasteiger partial charge in [0, 0.05) is 55.0 Å². The van der Waals surface area contributed by atoms with Gasteiger partial charge in [0.25, 0.3) is 11.8 Å². The number of carbonyl (C=O) groups is 3. The van der Waals surface area contributed by atoms with Gasteiger partial charge in [-0.05, 0) is 42.7 Å². The third-order valence-corrected chi connectivity index (χ3v) is 10.5. The summed E-state index contributed by atoms with van der Waals surface area (Å²) in [7, 11) is -3.09. The van der Waals surface area contributed by atoms with Crippen LogP contribution in [0.1, 0.15) is 51.3 Å². The second kappa shape index (κ2) is 11.2. The number of likely N-dealkylation sites (tertiary alicyclic amines) is 1. The van der Waals surface area contributed by atoms with Crippen molar-refractivity contribution in [2.45, 2.75) is 36.6 Å². The van der Waals surface area contributed by atoms with Gasteiger partial charge in [0.05, 0.1) is 17.8 Å². The lowest BCUT2D eigenvalue weighted by Gasteiger charge is -2.25. The Morgan fingerprint density at radius 2 is 1.84 bits per heavy atom. The number of hydrogen-bond acceptors (Lipinski definition) is 7. The van der Waals surface area contributed by atoms with Crippen molar-refractivity contribution < 1.29 is 27.4 Å². The molecule has 5 rings (SSSR count). The molecular weight excluding hydrogens is 598 g/mol. The Hall–Kier alpha value is -4.17. The van der Waals surface area contributed by atoms with Crippen LogP contribution in [-0.4, -0.2) is 63.3 Å². The van der Waals surface area contributed by atoms with E-state index in [2.05, 4.69) is 10.6 Å². The Morgan fingerprint density at radius 3 is 2.51 bits per heavy atom. The first-order chi connectivity index (χ1) is 20.2. The zero-order chi connectivity index (χ0) is 31.3. The molecule has 3 aromatic rings. The minimum Gasteiger partial charge on any atom is -0.384 e. The molecule has 0 saturated carbocycles. The summed E-state index contributed by atoms with van der Waals surface area (Å²) < 4.78 is 50.4. The summed E-state index contributed by atoms with van der Waals surface area (Å²) in [5.74, 6) is -5.07. The van der Waals surface area contributed by atoms with Crippen LogP contribution in [0.5, 0.6) is 0 Å². The van der Waals surface area contributed by atoms with Gasteiger partial charge in [-0.3, -0.25) is 24.6 Å². The highest BCUT2D eigenvalue weighted by Gasteiger charge is 2.45. The standard InChI is InChI=1S/C29H30F2N6O4S2/c1-15(24-10-17(14-42-24)26(32)33)36-28(40)23-11-18(43(2,34)41)13-37(23)25(38)12-35-27(39)16-7-8-22-20(9-16)19-5-3-4-6-21(19)29(22,30)31/h3-10,14-15,18,23,34H,11-13H2,1-2H3,(H3,32,33)(H,35,39)(H,36,40). The van der Waals surface area contributed by atoms with E-state index in [1.165, 1.54) is 52.8 Å². The third-order valence-electron chi connectivity index (χ3n) is 7.81. The third kappa shape index (κ3) is 5.76. The number of nitrogen functional groups attached to an aromatic ring is 1. The van der Waals surface area contributed by atoms with Gasteiger partial charge in [0.1, 0.15) is 11.9 Å². The molecule has 6 N–H and O–H groups in total. The summed E-state index contributed by atoms with van der Waals surface area (Å²) in [5.41, 5.74) is 6.37. The number of carbonyl (C=O) groups excluding carboxylic acids is 3. The molecule has 1 fully saturated rings. The van der Waals surface area contributed by atoms with E-state index in [1.54, 1.807) is 30.5 Å². The van der Waals surface area contributed by atoms with E-state index < -0.39 is 57.3 Å². The predicted molar refractivity (Wildman–Crippen MR) is 160 cm³/mol. The smallest absolute Gasteiger partial charge is 0.299 e. The first-order valence-electron chi connectivity index (χ1n) is 13.3. The Balaban J connectivity index is 1.29. The molecule has 4 unspecified atom stereocenters. The molecule has 2 aromatic carbocycles. The lowest BCUT2D eigenvalue weighted by molar-refractivity contribution is -0.137. The van der Waals surface area contributed by atoms with Crippen LogP contribution < -0.4 is 16.4 Å². The average Bonchev–Trinajstić information content (AvgIpc) is 3.68. The summed E-state index contributed by atoms with van der Waals surface area (Å²) in [5, 5.41) is 13.9. The number of alkyl halides is 2. The van der Waals surface area contributed by atoms with Gasteiger partial charge in [0.15, 0.2) is 0 Å². The minimum absolute atomic E-state index is 0.0126. The van der Waals surface area contributed by atoms with Crippen molar-refractivity contribution >= 4 is 44.6 Å². The molecule has 1 aromatic heterocycles. The maximum Gasteiger partial charge on any atom is 0.299 e. The predicted octanol–water partition coefficient (Wildman–Crippen LogP) is 3.41. The van der Waals surface area contributed by atoms with Crippen LogP contribution >= 0.6 is 11.3 Å². The molecule has 1 aliphatic heterocycles. The number of fused-ring (bicyclic) bond motifs is 3. The van der Waals surface area contributed by atoms with Crippen LogP contribution in [0.25, 0.3) is 11.1 Å². The molecule has 0 spiro atoms. The van der Waals surface area contributed by atoms with E-state index >= 15 is 0 Å². The number of benzene rings is 2. The minimum atomic E-state index is -3.19. The fourth-order valence-electron chi connectivity index (χ4n) is 5.43. The number of amidine groups is 1. The van der Waals surface area contributed by atoms with Gasteiger partial charge in [-0.15, -0.1) is 11.3 Å². The fraction of sp³-hybridized carbons (Fsp3) is 0.310. The van der Waals surface area contributed by atoms with E-state index in [9.17, 15) is 27.4 Å². The maximum atomic E-state index is 14.9. The summed E-state index contributed by atoms with van der Waals surface area (Å²) in [6.45, 7) is 1.15. The van der Waals surface area contributed by atoms with E-state index in [0.717, 1.165) is 4.88 Å². The van der Waals surface area contributed by atoms with Crippen LogP contribution in [0.4, 0.5) is 8.78 Å². The lowest BCUT2D eigenvalue weighted by atomic mass is 10.0. The van der Waals surface area contributed by atoms with Crippen molar-refractivity contribution in [2.24, 2.45) is 5.73 Å². The second-order valence-electron chi connectivity index (χ2n) is 10.8. The fourth-order valence-corrected chi connectivity index (χ4v) is 7.34. The molecule has 10 nitrogen and oxygen atoms in total.